The highest BCUT2D eigenvalue weighted by Crippen LogP contribution is 2.28. The zero-order valence-electron chi connectivity index (χ0n) is 13.5. The standard InChI is InChI=1S/C19H16ClN3O2/c1-25-17-10-6-5-9-15(17)21-14-11-16(23-18(20)12-14)19(24)22-13-7-3-2-4-8-13/h2-12H,1H3,(H,21,23)(H,22,24). The molecule has 1 aromatic heterocycles. The van der Waals surface area contributed by atoms with E-state index in [1.54, 1.807) is 31.4 Å². The molecule has 0 unspecified atom stereocenters. The van der Waals surface area contributed by atoms with Gasteiger partial charge in [0.1, 0.15) is 16.6 Å². The van der Waals surface area contributed by atoms with E-state index < -0.39 is 0 Å². The van der Waals surface area contributed by atoms with Crippen molar-refractivity contribution >= 4 is 34.6 Å². The van der Waals surface area contributed by atoms with Gasteiger partial charge in [0.15, 0.2) is 0 Å². The summed E-state index contributed by atoms with van der Waals surface area (Å²) in [4.78, 5) is 16.5. The Morgan fingerprint density at radius 3 is 2.48 bits per heavy atom. The number of rotatable bonds is 5. The molecule has 2 aromatic carbocycles. The summed E-state index contributed by atoms with van der Waals surface area (Å²) in [7, 11) is 1.60. The number of halogens is 1. The summed E-state index contributed by atoms with van der Waals surface area (Å²) in [5.41, 5.74) is 2.31. The van der Waals surface area contributed by atoms with Crippen LogP contribution >= 0.6 is 11.6 Å². The molecule has 3 aromatic rings. The van der Waals surface area contributed by atoms with Gasteiger partial charge in [0.2, 0.25) is 0 Å². The SMILES string of the molecule is COc1ccccc1Nc1cc(Cl)nc(C(=O)Nc2ccccc2)c1. The molecule has 6 heteroatoms. The third kappa shape index (κ3) is 4.28. The number of nitrogens with zero attached hydrogens (tertiary/aromatic N) is 1. The first-order valence-corrected chi connectivity index (χ1v) is 7.97. The van der Waals surface area contributed by atoms with Gasteiger partial charge in [-0.2, -0.15) is 0 Å². The fraction of sp³-hybridized carbons (Fsp3) is 0.0526. The van der Waals surface area contributed by atoms with Crippen LogP contribution in [0.15, 0.2) is 66.7 Å². The van der Waals surface area contributed by atoms with Gasteiger partial charge in [0.05, 0.1) is 12.8 Å². The number of ether oxygens (including phenoxy) is 1. The van der Waals surface area contributed by atoms with E-state index in [0.29, 0.717) is 17.1 Å². The number of nitrogens with one attached hydrogen (secondary N) is 2. The Labute approximate surface area is 150 Å². The van der Waals surface area contributed by atoms with E-state index in [1.165, 1.54) is 0 Å². The van der Waals surface area contributed by atoms with Crippen molar-refractivity contribution in [2.75, 3.05) is 17.7 Å². The summed E-state index contributed by atoms with van der Waals surface area (Å²) in [5.74, 6) is 0.350. The largest absolute Gasteiger partial charge is 0.495 e. The second-order valence-electron chi connectivity index (χ2n) is 5.21. The highest BCUT2D eigenvalue weighted by atomic mass is 35.5. The van der Waals surface area contributed by atoms with Crippen LogP contribution in [0, 0.1) is 0 Å². The van der Waals surface area contributed by atoms with Crippen molar-refractivity contribution in [3.8, 4) is 5.75 Å². The Balaban J connectivity index is 1.84. The van der Waals surface area contributed by atoms with E-state index >= 15 is 0 Å². The molecule has 0 aliphatic heterocycles. The summed E-state index contributed by atoms with van der Waals surface area (Å²) in [6.07, 6.45) is 0. The van der Waals surface area contributed by atoms with Gasteiger partial charge in [-0.15, -0.1) is 0 Å². The van der Waals surface area contributed by atoms with Gasteiger partial charge < -0.3 is 15.4 Å². The number of carbonyl (C=O) groups is 1. The number of amides is 1. The second-order valence-corrected chi connectivity index (χ2v) is 5.60. The van der Waals surface area contributed by atoms with Crippen molar-refractivity contribution in [2.24, 2.45) is 0 Å². The molecule has 1 heterocycles. The number of anilines is 3. The molecule has 0 radical (unpaired) electrons. The molecule has 0 spiro atoms. The van der Waals surface area contributed by atoms with Crippen LogP contribution in [0.1, 0.15) is 10.5 Å². The number of para-hydroxylation sites is 3. The van der Waals surface area contributed by atoms with Gasteiger partial charge in [-0.25, -0.2) is 4.98 Å². The molecule has 0 aliphatic carbocycles. The fourth-order valence-electron chi connectivity index (χ4n) is 2.31. The van der Waals surface area contributed by atoms with Crippen LogP contribution in [0.25, 0.3) is 0 Å². The zero-order valence-corrected chi connectivity index (χ0v) is 14.2. The van der Waals surface area contributed by atoms with Crippen molar-refractivity contribution in [3.05, 3.63) is 77.6 Å². The Bertz CT molecular complexity index is 885. The summed E-state index contributed by atoms with van der Waals surface area (Å²) >= 11 is 6.07. The monoisotopic (exact) mass is 353 g/mol. The molecule has 0 saturated heterocycles. The number of hydrogen-bond acceptors (Lipinski definition) is 4. The van der Waals surface area contributed by atoms with Crippen LogP contribution < -0.4 is 15.4 Å². The lowest BCUT2D eigenvalue weighted by molar-refractivity contribution is 0.102. The number of aromatic nitrogens is 1. The molecule has 0 aliphatic rings. The maximum Gasteiger partial charge on any atom is 0.274 e. The summed E-state index contributed by atoms with van der Waals surface area (Å²) < 4.78 is 5.31. The molecule has 3 rings (SSSR count). The number of methoxy groups -OCH3 is 1. The highest BCUT2D eigenvalue weighted by Gasteiger charge is 2.11. The lowest BCUT2D eigenvalue weighted by Crippen LogP contribution is -2.14. The summed E-state index contributed by atoms with van der Waals surface area (Å²) in [6.45, 7) is 0. The first kappa shape index (κ1) is 16.8. The third-order valence-electron chi connectivity index (χ3n) is 3.44. The Hall–Kier alpha value is -3.05. The van der Waals surface area contributed by atoms with E-state index in [0.717, 1.165) is 5.69 Å². The average molecular weight is 354 g/mol. The van der Waals surface area contributed by atoms with Gasteiger partial charge in [0.25, 0.3) is 5.91 Å². The average Bonchev–Trinajstić information content (AvgIpc) is 2.62. The predicted octanol–water partition coefficient (Wildman–Crippen LogP) is 4.74. The number of hydrogen-bond donors (Lipinski definition) is 2. The Kier molecular flexibility index (Phi) is 5.16. The maximum absolute atomic E-state index is 12.4. The molecule has 5 nitrogen and oxygen atoms in total. The molecule has 126 valence electrons. The number of benzene rings is 2. The van der Waals surface area contributed by atoms with Crippen molar-refractivity contribution in [2.45, 2.75) is 0 Å². The molecule has 1 amide bonds. The van der Waals surface area contributed by atoms with Gasteiger partial charge in [-0.3, -0.25) is 4.79 Å². The van der Waals surface area contributed by atoms with E-state index in [9.17, 15) is 4.79 Å². The van der Waals surface area contributed by atoms with Gasteiger partial charge in [0, 0.05) is 11.4 Å². The zero-order chi connectivity index (χ0) is 17.6. The van der Waals surface area contributed by atoms with Gasteiger partial charge in [-0.1, -0.05) is 41.9 Å². The first-order valence-electron chi connectivity index (χ1n) is 7.60. The lowest BCUT2D eigenvalue weighted by atomic mass is 10.2. The number of carbonyl (C=O) groups excluding carboxylic acids is 1. The lowest BCUT2D eigenvalue weighted by Gasteiger charge is -2.12. The predicted molar refractivity (Wildman–Crippen MR) is 99.9 cm³/mol. The summed E-state index contributed by atoms with van der Waals surface area (Å²) in [6, 6.07) is 19.9. The van der Waals surface area contributed by atoms with Gasteiger partial charge in [-0.05, 0) is 36.4 Å². The minimum atomic E-state index is -0.336. The van der Waals surface area contributed by atoms with Crippen LogP contribution in [-0.2, 0) is 0 Å². The van der Waals surface area contributed by atoms with Gasteiger partial charge >= 0.3 is 0 Å². The molecule has 0 atom stereocenters. The van der Waals surface area contributed by atoms with E-state index in [1.807, 2.05) is 42.5 Å². The summed E-state index contributed by atoms with van der Waals surface area (Å²) in [5, 5.41) is 6.20. The molecule has 25 heavy (non-hydrogen) atoms. The van der Waals surface area contributed by atoms with E-state index in [-0.39, 0.29) is 16.8 Å². The molecule has 0 bridgehead atoms. The topological polar surface area (TPSA) is 63.2 Å². The van der Waals surface area contributed by atoms with Crippen molar-refractivity contribution < 1.29 is 9.53 Å². The fourth-order valence-corrected chi connectivity index (χ4v) is 2.51. The van der Waals surface area contributed by atoms with E-state index in [4.69, 9.17) is 16.3 Å². The van der Waals surface area contributed by atoms with Crippen LogP contribution in [0.3, 0.4) is 0 Å². The molecular formula is C19H16ClN3O2. The van der Waals surface area contributed by atoms with Crippen LogP contribution in [-0.4, -0.2) is 18.0 Å². The normalized spacial score (nSPS) is 10.2. The van der Waals surface area contributed by atoms with Crippen molar-refractivity contribution in [3.63, 3.8) is 0 Å². The Morgan fingerprint density at radius 2 is 1.72 bits per heavy atom. The maximum atomic E-state index is 12.4. The third-order valence-corrected chi connectivity index (χ3v) is 3.64. The van der Waals surface area contributed by atoms with Crippen LogP contribution in [0.5, 0.6) is 5.75 Å². The molecule has 2 N–H and O–H groups in total. The quantitative estimate of drug-likeness (QED) is 0.650. The first-order chi connectivity index (χ1) is 12.2. The van der Waals surface area contributed by atoms with Crippen molar-refractivity contribution in [1.82, 2.24) is 4.98 Å². The minimum absolute atomic E-state index is 0.216. The molecule has 0 saturated carbocycles. The smallest absolute Gasteiger partial charge is 0.274 e. The highest BCUT2D eigenvalue weighted by molar-refractivity contribution is 6.30. The molecular weight excluding hydrogens is 338 g/mol. The van der Waals surface area contributed by atoms with Crippen LogP contribution in [0.4, 0.5) is 17.1 Å². The van der Waals surface area contributed by atoms with Crippen molar-refractivity contribution in [1.29, 1.82) is 0 Å². The Morgan fingerprint density at radius 1 is 1.00 bits per heavy atom. The second kappa shape index (κ2) is 7.68. The number of pyridine rings is 1. The molecule has 0 fully saturated rings. The van der Waals surface area contributed by atoms with Crippen LogP contribution in [0.2, 0.25) is 5.15 Å². The van der Waals surface area contributed by atoms with E-state index in [2.05, 4.69) is 15.6 Å². The minimum Gasteiger partial charge on any atom is -0.495 e.